The maximum Gasteiger partial charge on any atom is 0.252 e. The highest BCUT2D eigenvalue weighted by Gasteiger charge is 2.06. The smallest absolute Gasteiger partial charge is 0.252 e. The number of hydrogen-bond donors (Lipinski definition) is 2. The van der Waals surface area contributed by atoms with Crippen LogP contribution >= 0.6 is 0 Å². The second-order valence-electron chi connectivity index (χ2n) is 3.26. The molecular formula is C12H14N2O. The third-order valence-electron chi connectivity index (χ3n) is 2.05. The summed E-state index contributed by atoms with van der Waals surface area (Å²) < 4.78 is 0. The van der Waals surface area contributed by atoms with Crippen molar-refractivity contribution in [3.63, 3.8) is 0 Å². The monoisotopic (exact) mass is 202 g/mol. The van der Waals surface area contributed by atoms with Crippen molar-refractivity contribution < 1.29 is 4.79 Å². The number of nitrogens with two attached hydrogens (primary N) is 1. The van der Waals surface area contributed by atoms with Crippen LogP contribution < -0.4 is 11.1 Å². The molecule has 1 atom stereocenters. The first kappa shape index (κ1) is 11.3. The number of rotatable bonds is 3. The molecule has 1 aromatic rings. The molecule has 0 heterocycles. The van der Waals surface area contributed by atoms with Crippen LogP contribution in [0, 0.1) is 12.3 Å². The standard InChI is InChI=1S/C12H14N2O/c1-3-9(2)14-12(15)11-6-4-10(8-13)5-7-11/h1,4-7,9H,8,13H2,2H3,(H,14,15). The first-order valence-corrected chi connectivity index (χ1v) is 4.73. The molecule has 1 unspecified atom stereocenters. The Morgan fingerprint density at radius 3 is 2.60 bits per heavy atom. The highest BCUT2D eigenvalue weighted by Crippen LogP contribution is 2.03. The summed E-state index contributed by atoms with van der Waals surface area (Å²) in [6.07, 6.45) is 5.16. The van der Waals surface area contributed by atoms with Crippen molar-refractivity contribution in [2.24, 2.45) is 5.73 Å². The fourth-order valence-corrected chi connectivity index (χ4v) is 1.11. The van der Waals surface area contributed by atoms with Crippen LogP contribution in [-0.4, -0.2) is 11.9 Å². The molecule has 3 heteroatoms. The summed E-state index contributed by atoms with van der Waals surface area (Å²) in [4.78, 5) is 11.6. The summed E-state index contributed by atoms with van der Waals surface area (Å²) in [5.74, 6) is 2.27. The van der Waals surface area contributed by atoms with Gasteiger partial charge in [0, 0.05) is 12.1 Å². The number of terminal acetylenes is 1. The number of carbonyl (C=O) groups excluding carboxylic acids is 1. The van der Waals surface area contributed by atoms with Crippen LogP contribution in [0.2, 0.25) is 0 Å². The van der Waals surface area contributed by atoms with E-state index in [0.29, 0.717) is 12.1 Å². The largest absolute Gasteiger partial charge is 0.339 e. The number of hydrogen-bond acceptors (Lipinski definition) is 2. The van der Waals surface area contributed by atoms with Gasteiger partial charge in [-0.3, -0.25) is 4.79 Å². The van der Waals surface area contributed by atoms with Crippen LogP contribution in [-0.2, 0) is 6.54 Å². The lowest BCUT2D eigenvalue weighted by Crippen LogP contribution is -2.31. The average Bonchev–Trinajstić information content (AvgIpc) is 2.29. The second kappa shape index (κ2) is 5.18. The van der Waals surface area contributed by atoms with Crippen molar-refractivity contribution in [3.05, 3.63) is 35.4 Å². The molecule has 1 rings (SSSR count). The summed E-state index contributed by atoms with van der Waals surface area (Å²) in [6.45, 7) is 2.23. The molecule has 0 saturated carbocycles. The minimum Gasteiger partial charge on any atom is -0.339 e. The Morgan fingerprint density at radius 2 is 2.13 bits per heavy atom. The molecule has 0 bridgehead atoms. The van der Waals surface area contributed by atoms with Gasteiger partial charge in [-0.15, -0.1) is 6.42 Å². The average molecular weight is 202 g/mol. The molecule has 0 aromatic heterocycles. The third-order valence-corrected chi connectivity index (χ3v) is 2.05. The molecule has 1 aromatic carbocycles. The number of benzene rings is 1. The predicted octanol–water partition coefficient (Wildman–Crippen LogP) is 0.897. The lowest BCUT2D eigenvalue weighted by molar-refractivity contribution is 0.0948. The highest BCUT2D eigenvalue weighted by atomic mass is 16.1. The Bertz CT molecular complexity index is 376. The maximum atomic E-state index is 11.6. The first-order chi connectivity index (χ1) is 7.17. The predicted molar refractivity (Wildman–Crippen MR) is 60.1 cm³/mol. The summed E-state index contributed by atoms with van der Waals surface area (Å²) in [6, 6.07) is 6.87. The van der Waals surface area contributed by atoms with Crippen LogP contribution in [0.5, 0.6) is 0 Å². The van der Waals surface area contributed by atoms with E-state index in [2.05, 4.69) is 11.2 Å². The van der Waals surface area contributed by atoms with Gasteiger partial charge in [-0.05, 0) is 24.6 Å². The van der Waals surface area contributed by atoms with E-state index in [1.807, 2.05) is 12.1 Å². The van der Waals surface area contributed by atoms with Gasteiger partial charge in [-0.1, -0.05) is 18.1 Å². The fourth-order valence-electron chi connectivity index (χ4n) is 1.11. The number of nitrogens with one attached hydrogen (secondary N) is 1. The Labute approximate surface area is 89.7 Å². The van der Waals surface area contributed by atoms with Crippen molar-refractivity contribution in [2.75, 3.05) is 0 Å². The van der Waals surface area contributed by atoms with Gasteiger partial charge >= 0.3 is 0 Å². The molecule has 0 aliphatic rings. The van der Waals surface area contributed by atoms with Gasteiger partial charge in [0.1, 0.15) is 0 Å². The van der Waals surface area contributed by atoms with E-state index in [9.17, 15) is 4.79 Å². The van der Waals surface area contributed by atoms with E-state index in [0.717, 1.165) is 5.56 Å². The summed E-state index contributed by atoms with van der Waals surface area (Å²) in [7, 11) is 0. The van der Waals surface area contributed by atoms with Gasteiger partial charge in [0.05, 0.1) is 6.04 Å². The highest BCUT2D eigenvalue weighted by molar-refractivity contribution is 5.94. The zero-order chi connectivity index (χ0) is 11.3. The molecule has 0 aliphatic carbocycles. The topological polar surface area (TPSA) is 55.1 Å². The summed E-state index contributed by atoms with van der Waals surface area (Å²) >= 11 is 0. The van der Waals surface area contributed by atoms with Crippen LogP contribution in [0.4, 0.5) is 0 Å². The SMILES string of the molecule is C#CC(C)NC(=O)c1ccc(CN)cc1. The zero-order valence-electron chi connectivity index (χ0n) is 8.66. The van der Waals surface area contributed by atoms with Gasteiger partial charge < -0.3 is 11.1 Å². The van der Waals surface area contributed by atoms with Crippen LogP contribution in [0.3, 0.4) is 0 Å². The second-order valence-corrected chi connectivity index (χ2v) is 3.26. The molecule has 3 nitrogen and oxygen atoms in total. The zero-order valence-corrected chi connectivity index (χ0v) is 8.66. The Balaban J connectivity index is 2.71. The molecular weight excluding hydrogens is 188 g/mol. The quantitative estimate of drug-likeness (QED) is 0.715. The molecule has 78 valence electrons. The minimum absolute atomic E-state index is 0.163. The van der Waals surface area contributed by atoms with Crippen molar-refractivity contribution in [3.8, 4) is 12.3 Å². The molecule has 0 saturated heterocycles. The molecule has 15 heavy (non-hydrogen) atoms. The van der Waals surface area contributed by atoms with E-state index >= 15 is 0 Å². The maximum absolute atomic E-state index is 11.6. The lowest BCUT2D eigenvalue weighted by Gasteiger charge is -2.07. The van der Waals surface area contributed by atoms with Gasteiger partial charge in [-0.25, -0.2) is 0 Å². The Kier molecular flexibility index (Phi) is 3.90. The van der Waals surface area contributed by atoms with Crippen LogP contribution in [0.25, 0.3) is 0 Å². The lowest BCUT2D eigenvalue weighted by atomic mass is 10.1. The number of carbonyl (C=O) groups is 1. The third kappa shape index (κ3) is 3.12. The van der Waals surface area contributed by atoms with E-state index in [-0.39, 0.29) is 11.9 Å². The van der Waals surface area contributed by atoms with E-state index in [1.54, 1.807) is 19.1 Å². The van der Waals surface area contributed by atoms with Crippen LogP contribution in [0.1, 0.15) is 22.8 Å². The number of amides is 1. The minimum atomic E-state index is -0.258. The summed E-state index contributed by atoms with van der Waals surface area (Å²) in [5.41, 5.74) is 7.04. The van der Waals surface area contributed by atoms with E-state index in [4.69, 9.17) is 12.2 Å². The van der Waals surface area contributed by atoms with Gasteiger partial charge in [0.15, 0.2) is 0 Å². The van der Waals surface area contributed by atoms with Crippen molar-refractivity contribution in [1.82, 2.24) is 5.32 Å². The normalized spacial score (nSPS) is 11.5. The van der Waals surface area contributed by atoms with Crippen LogP contribution in [0.15, 0.2) is 24.3 Å². The Hall–Kier alpha value is -1.79. The molecule has 0 radical (unpaired) electrons. The molecule has 0 aliphatic heterocycles. The van der Waals surface area contributed by atoms with Crippen molar-refractivity contribution >= 4 is 5.91 Å². The van der Waals surface area contributed by atoms with E-state index < -0.39 is 0 Å². The summed E-state index contributed by atoms with van der Waals surface area (Å²) in [5, 5.41) is 2.68. The van der Waals surface area contributed by atoms with Gasteiger partial charge in [-0.2, -0.15) is 0 Å². The molecule has 1 amide bonds. The molecule has 3 N–H and O–H groups in total. The fraction of sp³-hybridized carbons (Fsp3) is 0.250. The van der Waals surface area contributed by atoms with Gasteiger partial charge in [0.2, 0.25) is 0 Å². The van der Waals surface area contributed by atoms with Gasteiger partial charge in [0.25, 0.3) is 5.91 Å². The van der Waals surface area contributed by atoms with Crippen molar-refractivity contribution in [1.29, 1.82) is 0 Å². The first-order valence-electron chi connectivity index (χ1n) is 4.73. The molecule has 0 fully saturated rings. The van der Waals surface area contributed by atoms with E-state index in [1.165, 1.54) is 0 Å². The molecule has 0 spiro atoms. The van der Waals surface area contributed by atoms with Crippen molar-refractivity contribution in [2.45, 2.75) is 19.5 Å². The Morgan fingerprint density at radius 1 is 1.53 bits per heavy atom.